The molecule has 20 heavy (non-hydrogen) atoms. The van der Waals surface area contributed by atoms with Crippen LogP contribution in [0, 0.1) is 5.41 Å². The zero-order valence-electron chi connectivity index (χ0n) is 11.8. The third-order valence-corrected chi connectivity index (χ3v) is 4.41. The predicted octanol–water partition coefficient (Wildman–Crippen LogP) is 2.49. The summed E-state index contributed by atoms with van der Waals surface area (Å²) in [7, 11) is 0. The number of carboxylic acids is 1. The van der Waals surface area contributed by atoms with Crippen molar-refractivity contribution < 1.29 is 14.7 Å². The number of rotatable bonds is 4. The molecule has 0 aliphatic carbocycles. The van der Waals surface area contributed by atoms with Crippen molar-refractivity contribution in [2.45, 2.75) is 19.1 Å². The topological polar surface area (TPSA) is 57.6 Å². The zero-order valence-corrected chi connectivity index (χ0v) is 12.6. The first kappa shape index (κ1) is 14.9. The maximum absolute atomic E-state index is 12.4. The Kier molecular flexibility index (Phi) is 4.38. The number of carboxylic acid groups (broad SMARTS) is 1. The van der Waals surface area contributed by atoms with Gasteiger partial charge in [0.05, 0.1) is 5.41 Å². The lowest BCUT2D eigenvalue weighted by Gasteiger charge is -2.20. The number of nitrogens with zero attached hydrogens (tertiary/aromatic N) is 1. The van der Waals surface area contributed by atoms with Crippen molar-refractivity contribution in [3.8, 4) is 0 Å². The normalized spacial score (nSPS) is 22.0. The van der Waals surface area contributed by atoms with Crippen LogP contribution >= 0.6 is 11.8 Å². The molecule has 1 amide bonds. The summed E-state index contributed by atoms with van der Waals surface area (Å²) in [5, 5.41) is 9.20. The molecule has 1 aromatic rings. The number of aliphatic carboxylic acids is 1. The Hall–Kier alpha value is -1.49. The Balaban J connectivity index is 2.07. The molecule has 0 unspecified atom stereocenters. The van der Waals surface area contributed by atoms with Gasteiger partial charge in [-0.25, -0.2) is 0 Å². The summed E-state index contributed by atoms with van der Waals surface area (Å²) in [6.07, 6.45) is 2.55. The summed E-state index contributed by atoms with van der Waals surface area (Å²) in [6.45, 7) is 2.49. The van der Waals surface area contributed by atoms with Gasteiger partial charge in [-0.05, 0) is 37.3 Å². The van der Waals surface area contributed by atoms with Crippen LogP contribution in [-0.2, 0) is 10.5 Å². The highest BCUT2D eigenvalue weighted by atomic mass is 32.2. The van der Waals surface area contributed by atoms with Gasteiger partial charge in [-0.3, -0.25) is 9.59 Å². The van der Waals surface area contributed by atoms with Crippen LogP contribution in [0.3, 0.4) is 0 Å². The third kappa shape index (κ3) is 2.98. The van der Waals surface area contributed by atoms with E-state index in [0.717, 1.165) is 5.75 Å². The number of benzene rings is 1. The maximum atomic E-state index is 12.4. The first-order chi connectivity index (χ1) is 9.46. The van der Waals surface area contributed by atoms with Gasteiger partial charge >= 0.3 is 5.97 Å². The fourth-order valence-corrected chi connectivity index (χ4v) is 2.93. The first-order valence-corrected chi connectivity index (χ1v) is 7.96. The Morgan fingerprint density at radius 1 is 1.35 bits per heavy atom. The number of amides is 1. The summed E-state index contributed by atoms with van der Waals surface area (Å²) in [5.74, 6) is 0.0173. The Labute approximate surface area is 123 Å². The van der Waals surface area contributed by atoms with Gasteiger partial charge in [0.1, 0.15) is 0 Å². The van der Waals surface area contributed by atoms with Crippen LogP contribution < -0.4 is 0 Å². The molecule has 108 valence electrons. The second kappa shape index (κ2) is 5.87. The predicted molar refractivity (Wildman–Crippen MR) is 79.9 cm³/mol. The van der Waals surface area contributed by atoms with Gasteiger partial charge in [0.2, 0.25) is 0 Å². The van der Waals surface area contributed by atoms with E-state index in [1.165, 1.54) is 5.56 Å². The van der Waals surface area contributed by atoms with E-state index in [1.807, 2.05) is 30.5 Å². The summed E-state index contributed by atoms with van der Waals surface area (Å²) in [6, 6.07) is 7.56. The van der Waals surface area contributed by atoms with Gasteiger partial charge in [0.15, 0.2) is 0 Å². The molecule has 0 bridgehead atoms. The van der Waals surface area contributed by atoms with Gasteiger partial charge in [-0.2, -0.15) is 11.8 Å². The third-order valence-electron chi connectivity index (χ3n) is 3.79. The first-order valence-electron chi connectivity index (χ1n) is 6.57. The van der Waals surface area contributed by atoms with Crippen LogP contribution in [0.5, 0.6) is 0 Å². The van der Waals surface area contributed by atoms with Gasteiger partial charge in [0, 0.05) is 24.4 Å². The van der Waals surface area contributed by atoms with Crippen LogP contribution in [0.25, 0.3) is 0 Å². The Morgan fingerprint density at radius 2 is 2.00 bits per heavy atom. The molecule has 0 aromatic heterocycles. The number of thioether (sulfide) groups is 1. The van der Waals surface area contributed by atoms with E-state index in [2.05, 4.69) is 0 Å². The number of hydrogen-bond acceptors (Lipinski definition) is 3. The molecule has 0 radical (unpaired) electrons. The van der Waals surface area contributed by atoms with Crippen LogP contribution in [0.1, 0.15) is 29.3 Å². The molecular weight excluding hydrogens is 274 g/mol. The van der Waals surface area contributed by atoms with Gasteiger partial charge < -0.3 is 10.0 Å². The van der Waals surface area contributed by atoms with E-state index in [0.29, 0.717) is 18.5 Å². The fraction of sp³-hybridized carbons (Fsp3) is 0.467. The molecular formula is C15H19NO3S. The summed E-state index contributed by atoms with van der Waals surface area (Å²) in [4.78, 5) is 25.2. The minimum Gasteiger partial charge on any atom is -0.481 e. The molecule has 2 rings (SSSR count). The highest BCUT2D eigenvalue weighted by Gasteiger charge is 2.42. The molecule has 1 aromatic carbocycles. The average Bonchev–Trinajstić information content (AvgIpc) is 2.83. The average molecular weight is 293 g/mol. The van der Waals surface area contributed by atoms with Crippen LogP contribution in [0.15, 0.2) is 24.3 Å². The highest BCUT2D eigenvalue weighted by Crippen LogP contribution is 2.31. The lowest BCUT2D eigenvalue weighted by molar-refractivity contribution is -0.147. The summed E-state index contributed by atoms with van der Waals surface area (Å²) >= 11 is 1.74. The summed E-state index contributed by atoms with van der Waals surface area (Å²) < 4.78 is 0. The summed E-state index contributed by atoms with van der Waals surface area (Å²) in [5.41, 5.74) is 1.00. The fourth-order valence-electron chi connectivity index (χ4n) is 2.40. The largest absolute Gasteiger partial charge is 0.481 e. The SMILES string of the molecule is CSCc1ccc(C(=O)N2CC[C@@](C)(C(=O)O)C2)cc1. The molecule has 1 fully saturated rings. The molecule has 0 spiro atoms. The highest BCUT2D eigenvalue weighted by molar-refractivity contribution is 7.97. The van der Waals surface area contributed by atoms with Crippen molar-refractivity contribution in [3.05, 3.63) is 35.4 Å². The van der Waals surface area contributed by atoms with E-state index >= 15 is 0 Å². The number of carbonyl (C=O) groups is 2. The van der Waals surface area contributed by atoms with Gasteiger partial charge in [0.25, 0.3) is 5.91 Å². The minimum absolute atomic E-state index is 0.0781. The number of likely N-dealkylation sites (tertiary alicyclic amines) is 1. The Bertz CT molecular complexity index is 514. The van der Waals surface area contributed by atoms with Crippen molar-refractivity contribution in [3.63, 3.8) is 0 Å². The Morgan fingerprint density at radius 3 is 2.50 bits per heavy atom. The van der Waals surface area contributed by atoms with E-state index in [1.54, 1.807) is 23.6 Å². The van der Waals surface area contributed by atoms with Crippen molar-refractivity contribution in [1.82, 2.24) is 4.90 Å². The van der Waals surface area contributed by atoms with E-state index in [-0.39, 0.29) is 12.5 Å². The smallest absolute Gasteiger partial charge is 0.311 e. The van der Waals surface area contributed by atoms with Gasteiger partial charge in [-0.1, -0.05) is 12.1 Å². The number of hydrogen-bond donors (Lipinski definition) is 1. The maximum Gasteiger partial charge on any atom is 0.311 e. The van der Waals surface area contributed by atoms with E-state index < -0.39 is 11.4 Å². The number of carbonyl (C=O) groups excluding carboxylic acids is 1. The molecule has 1 aliphatic heterocycles. The molecule has 1 N–H and O–H groups in total. The van der Waals surface area contributed by atoms with Gasteiger partial charge in [-0.15, -0.1) is 0 Å². The molecule has 0 saturated carbocycles. The van der Waals surface area contributed by atoms with E-state index in [9.17, 15) is 14.7 Å². The van der Waals surface area contributed by atoms with Crippen molar-refractivity contribution in [1.29, 1.82) is 0 Å². The van der Waals surface area contributed by atoms with Crippen LogP contribution in [-0.4, -0.2) is 41.2 Å². The van der Waals surface area contributed by atoms with Crippen LogP contribution in [0.2, 0.25) is 0 Å². The monoisotopic (exact) mass is 293 g/mol. The van der Waals surface area contributed by atoms with Crippen molar-refractivity contribution >= 4 is 23.6 Å². The standard InChI is InChI=1S/C15H19NO3S/c1-15(14(18)19)7-8-16(10-15)13(17)12-5-3-11(4-6-12)9-20-2/h3-6H,7-10H2,1-2H3,(H,18,19)/t15-/m1/s1. The zero-order chi connectivity index (χ0) is 14.8. The lowest BCUT2D eigenvalue weighted by Crippen LogP contribution is -2.34. The minimum atomic E-state index is -0.830. The lowest BCUT2D eigenvalue weighted by atomic mass is 9.90. The molecule has 1 heterocycles. The molecule has 1 atom stereocenters. The molecule has 1 saturated heterocycles. The molecule has 1 aliphatic rings. The quantitative estimate of drug-likeness (QED) is 0.926. The second-order valence-corrected chi connectivity index (χ2v) is 6.34. The molecule has 4 nitrogen and oxygen atoms in total. The molecule has 5 heteroatoms. The van der Waals surface area contributed by atoms with Crippen molar-refractivity contribution in [2.24, 2.45) is 5.41 Å². The second-order valence-electron chi connectivity index (χ2n) is 5.47. The van der Waals surface area contributed by atoms with E-state index in [4.69, 9.17) is 0 Å². The van der Waals surface area contributed by atoms with Crippen molar-refractivity contribution in [2.75, 3.05) is 19.3 Å². The van der Waals surface area contributed by atoms with Crippen LogP contribution in [0.4, 0.5) is 0 Å².